The number of hydrogen-bond acceptors (Lipinski definition) is 10. The quantitative estimate of drug-likeness (QED) is 0.0937. The van der Waals surface area contributed by atoms with Gasteiger partial charge >= 0.3 is 5.97 Å². The van der Waals surface area contributed by atoms with Crippen molar-refractivity contribution in [1.29, 1.82) is 0 Å². The molecule has 0 saturated heterocycles. The summed E-state index contributed by atoms with van der Waals surface area (Å²) in [7, 11) is 7.14. The van der Waals surface area contributed by atoms with Crippen molar-refractivity contribution in [3.8, 4) is 28.7 Å². The van der Waals surface area contributed by atoms with Crippen LogP contribution in [0.1, 0.15) is 12.0 Å². The maximum absolute atomic E-state index is 12.4. The number of aromatic nitrogens is 2. The van der Waals surface area contributed by atoms with E-state index in [0.29, 0.717) is 46.3 Å². The van der Waals surface area contributed by atoms with Crippen molar-refractivity contribution >= 4 is 28.4 Å². The third-order valence-corrected chi connectivity index (χ3v) is 6.07. The first kappa shape index (κ1) is 29.2. The number of nitrogens with one attached hydrogen (secondary N) is 1. The third-order valence-electron chi connectivity index (χ3n) is 6.07. The molecule has 0 amide bonds. The van der Waals surface area contributed by atoms with Gasteiger partial charge in [-0.25, -0.2) is 14.8 Å². The Labute approximate surface area is 239 Å². The second kappa shape index (κ2) is 14.0. The van der Waals surface area contributed by atoms with Gasteiger partial charge in [-0.3, -0.25) is 0 Å². The lowest BCUT2D eigenvalue weighted by atomic mass is 10.2. The molecule has 1 heterocycles. The number of benzene rings is 3. The highest BCUT2D eigenvalue weighted by Crippen LogP contribution is 2.45. The lowest BCUT2D eigenvalue weighted by molar-refractivity contribution is -0.129. The fourth-order valence-electron chi connectivity index (χ4n) is 4.04. The minimum Gasteiger partial charge on any atom is -0.493 e. The van der Waals surface area contributed by atoms with Crippen LogP contribution in [0.3, 0.4) is 0 Å². The van der Waals surface area contributed by atoms with Gasteiger partial charge in [0.25, 0.3) is 0 Å². The van der Waals surface area contributed by atoms with Gasteiger partial charge in [0, 0.05) is 24.1 Å². The van der Waals surface area contributed by atoms with Crippen molar-refractivity contribution < 1.29 is 28.5 Å². The second-order valence-electron chi connectivity index (χ2n) is 9.25. The van der Waals surface area contributed by atoms with E-state index >= 15 is 0 Å². The molecule has 0 atom stereocenters. The number of methoxy groups -OCH3 is 2. The molecule has 10 nitrogen and oxygen atoms in total. The van der Waals surface area contributed by atoms with E-state index in [4.69, 9.17) is 23.7 Å². The predicted molar refractivity (Wildman–Crippen MR) is 158 cm³/mol. The van der Waals surface area contributed by atoms with E-state index in [2.05, 4.69) is 26.8 Å². The number of esters is 1. The predicted octanol–water partition coefficient (Wildman–Crippen LogP) is 5.39. The van der Waals surface area contributed by atoms with Crippen molar-refractivity contribution in [3.05, 3.63) is 79.1 Å². The standard InChI is InChI=1S/C31H34N4O6/c1-6-28(36)41-29-23(13-14-25(37-4)30(29)40-19-21-11-8-7-9-12-21)34-31-22-17-27(39-16-10-15-35(2)3)26(38-5)18-24(22)32-20-33-31/h6-9,11-14,17-18,20H,1,10,15-16,19H2,2-5H3,(H,32,33,34). The normalized spacial score (nSPS) is 10.8. The lowest BCUT2D eigenvalue weighted by Gasteiger charge is -2.19. The highest BCUT2D eigenvalue weighted by molar-refractivity contribution is 5.94. The highest BCUT2D eigenvalue weighted by atomic mass is 16.6. The number of rotatable bonds is 14. The molecule has 0 saturated carbocycles. The maximum atomic E-state index is 12.4. The molecule has 10 heteroatoms. The van der Waals surface area contributed by atoms with Crippen LogP contribution in [0.4, 0.5) is 11.5 Å². The van der Waals surface area contributed by atoms with Gasteiger partial charge in [0.05, 0.1) is 32.0 Å². The molecule has 0 fully saturated rings. The van der Waals surface area contributed by atoms with Gasteiger partial charge in [-0.15, -0.1) is 0 Å². The summed E-state index contributed by atoms with van der Waals surface area (Å²) in [6, 6.07) is 16.7. The Morgan fingerprint density at radius 2 is 1.73 bits per heavy atom. The average molecular weight is 559 g/mol. The number of ether oxygens (including phenoxy) is 5. The Bertz CT molecular complexity index is 1490. The van der Waals surface area contributed by atoms with E-state index in [1.54, 1.807) is 25.3 Å². The van der Waals surface area contributed by atoms with E-state index < -0.39 is 5.97 Å². The van der Waals surface area contributed by atoms with Gasteiger partial charge in [0.15, 0.2) is 23.0 Å². The van der Waals surface area contributed by atoms with Crippen LogP contribution in [-0.4, -0.2) is 62.3 Å². The van der Waals surface area contributed by atoms with Gasteiger partial charge < -0.3 is 33.9 Å². The summed E-state index contributed by atoms with van der Waals surface area (Å²) in [6.45, 7) is 5.16. The van der Waals surface area contributed by atoms with Crippen LogP contribution in [0.2, 0.25) is 0 Å². The summed E-state index contributed by atoms with van der Waals surface area (Å²) in [4.78, 5) is 23.4. The first-order valence-corrected chi connectivity index (χ1v) is 13.0. The molecule has 4 aromatic rings. The molecule has 0 bridgehead atoms. The SMILES string of the molecule is C=CC(=O)Oc1c(Nc2ncnc3cc(OC)c(OCCCN(C)C)cc23)ccc(OC)c1OCc1ccccc1. The Morgan fingerprint density at radius 3 is 2.44 bits per heavy atom. The molecule has 1 N–H and O–H groups in total. The maximum Gasteiger partial charge on any atom is 0.335 e. The summed E-state index contributed by atoms with van der Waals surface area (Å²) in [5.74, 6) is 1.71. The van der Waals surface area contributed by atoms with Crippen LogP contribution in [0, 0.1) is 0 Å². The van der Waals surface area contributed by atoms with Crippen molar-refractivity contribution in [1.82, 2.24) is 14.9 Å². The van der Waals surface area contributed by atoms with Crippen LogP contribution >= 0.6 is 0 Å². The van der Waals surface area contributed by atoms with Gasteiger partial charge in [0.1, 0.15) is 18.8 Å². The zero-order chi connectivity index (χ0) is 29.2. The Morgan fingerprint density at radius 1 is 0.951 bits per heavy atom. The minimum atomic E-state index is -0.656. The van der Waals surface area contributed by atoms with Crippen molar-refractivity contribution in [2.24, 2.45) is 0 Å². The molecule has 0 spiro atoms. The van der Waals surface area contributed by atoms with Gasteiger partial charge in [-0.1, -0.05) is 36.9 Å². The fraction of sp³-hybridized carbons (Fsp3) is 0.258. The first-order valence-electron chi connectivity index (χ1n) is 13.0. The molecule has 4 rings (SSSR count). The summed E-state index contributed by atoms with van der Waals surface area (Å²) in [5, 5.41) is 3.96. The first-order chi connectivity index (χ1) is 19.9. The van der Waals surface area contributed by atoms with E-state index in [-0.39, 0.29) is 18.1 Å². The molecule has 0 aliphatic rings. The van der Waals surface area contributed by atoms with Gasteiger partial charge in [-0.05, 0) is 44.3 Å². The number of fused-ring (bicyclic) bond motifs is 1. The molecule has 3 aromatic carbocycles. The Balaban J connectivity index is 1.72. The third kappa shape index (κ3) is 7.43. The summed E-state index contributed by atoms with van der Waals surface area (Å²) >= 11 is 0. The molecular formula is C31H34N4O6. The second-order valence-corrected chi connectivity index (χ2v) is 9.25. The molecule has 0 unspecified atom stereocenters. The van der Waals surface area contributed by atoms with E-state index in [0.717, 1.165) is 24.6 Å². The molecule has 0 aliphatic heterocycles. The monoisotopic (exact) mass is 558 g/mol. The topological polar surface area (TPSA) is 104 Å². The van der Waals surface area contributed by atoms with Crippen molar-refractivity contribution in [2.45, 2.75) is 13.0 Å². The van der Waals surface area contributed by atoms with Crippen LogP contribution < -0.4 is 29.0 Å². The zero-order valence-electron chi connectivity index (χ0n) is 23.7. The zero-order valence-corrected chi connectivity index (χ0v) is 23.7. The summed E-state index contributed by atoms with van der Waals surface area (Å²) < 4.78 is 28.9. The van der Waals surface area contributed by atoms with Crippen LogP contribution in [-0.2, 0) is 11.4 Å². The van der Waals surface area contributed by atoms with Crippen LogP contribution in [0.15, 0.2) is 73.6 Å². The molecule has 0 radical (unpaired) electrons. The molecule has 0 aliphatic carbocycles. The van der Waals surface area contributed by atoms with E-state index in [1.165, 1.54) is 13.4 Å². The number of carbonyl (C=O) groups excluding carboxylic acids is 1. The van der Waals surface area contributed by atoms with Crippen molar-refractivity contribution in [2.75, 3.05) is 46.8 Å². The number of anilines is 2. The smallest absolute Gasteiger partial charge is 0.335 e. The van der Waals surface area contributed by atoms with Gasteiger partial charge in [0.2, 0.25) is 5.75 Å². The fourth-order valence-corrected chi connectivity index (χ4v) is 4.04. The molecule has 1 aromatic heterocycles. The number of hydrogen-bond donors (Lipinski definition) is 1. The van der Waals surface area contributed by atoms with Gasteiger partial charge in [-0.2, -0.15) is 0 Å². The molecule has 214 valence electrons. The Kier molecular flexibility index (Phi) is 9.95. The number of nitrogens with zero attached hydrogens (tertiary/aromatic N) is 3. The summed E-state index contributed by atoms with van der Waals surface area (Å²) in [6.07, 6.45) is 3.37. The highest BCUT2D eigenvalue weighted by Gasteiger charge is 2.21. The van der Waals surface area contributed by atoms with Crippen LogP contribution in [0.5, 0.6) is 28.7 Å². The summed E-state index contributed by atoms with van der Waals surface area (Å²) in [5.41, 5.74) is 2.00. The largest absolute Gasteiger partial charge is 0.493 e. The van der Waals surface area contributed by atoms with E-state index in [1.807, 2.05) is 50.5 Å². The molecule has 41 heavy (non-hydrogen) atoms. The average Bonchev–Trinajstić information content (AvgIpc) is 2.99. The van der Waals surface area contributed by atoms with Crippen molar-refractivity contribution in [3.63, 3.8) is 0 Å². The van der Waals surface area contributed by atoms with E-state index in [9.17, 15) is 4.79 Å². The Hall–Kier alpha value is -4.83. The minimum absolute atomic E-state index is 0.130. The molecular weight excluding hydrogens is 524 g/mol. The number of carbonyl (C=O) groups is 1. The van der Waals surface area contributed by atoms with Crippen LogP contribution in [0.25, 0.3) is 10.9 Å². The lowest BCUT2D eigenvalue weighted by Crippen LogP contribution is -2.15.